The van der Waals surface area contributed by atoms with Gasteiger partial charge in [0, 0.05) is 30.4 Å². The minimum Gasteiger partial charge on any atom is -0.493 e. The van der Waals surface area contributed by atoms with Crippen LogP contribution >= 0.6 is 0 Å². The molecule has 1 fully saturated rings. The Morgan fingerprint density at radius 3 is 2.55 bits per heavy atom. The lowest BCUT2D eigenvalue weighted by Gasteiger charge is -2.50. The van der Waals surface area contributed by atoms with E-state index >= 15 is 0 Å². The number of fused-ring (bicyclic) bond motifs is 4. The molecule has 0 N–H and O–H groups in total. The van der Waals surface area contributed by atoms with E-state index in [1.807, 2.05) is 12.1 Å². The Hall–Kier alpha value is -2.69. The van der Waals surface area contributed by atoms with E-state index in [0.717, 1.165) is 53.7 Å². The first-order valence-electron chi connectivity index (χ1n) is 10.5. The van der Waals surface area contributed by atoms with E-state index in [4.69, 9.17) is 19.3 Å². The molecule has 0 bridgehead atoms. The van der Waals surface area contributed by atoms with Gasteiger partial charge < -0.3 is 14.2 Å². The van der Waals surface area contributed by atoms with Crippen LogP contribution in [-0.4, -0.2) is 30.7 Å². The van der Waals surface area contributed by atoms with Gasteiger partial charge in [0.1, 0.15) is 5.75 Å². The van der Waals surface area contributed by atoms with Crippen LogP contribution in [0.3, 0.4) is 0 Å². The second-order valence-electron chi connectivity index (χ2n) is 8.45. The van der Waals surface area contributed by atoms with Crippen molar-refractivity contribution in [1.82, 2.24) is 5.01 Å². The molecule has 0 radical (unpaired) electrons. The van der Waals surface area contributed by atoms with Crippen molar-refractivity contribution in [1.29, 1.82) is 0 Å². The second-order valence-corrected chi connectivity index (χ2v) is 8.45. The highest BCUT2D eigenvalue weighted by Crippen LogP contribution is 2.51. The van der Waals surface area contributed by atoms with Gasteiger partial charge in [-0.05, 0) is 43.0 Å². The van der Waals surface area contributed by atoms with Crippen LogP contribution in [0.15, 0.2) is 47.6 Å². The number of para-hydroxylation sites is 1. The summed E-state index contributed by atoms with van der Waals surface area (Å²) in [6.45, 7) is 2.34. The maximum atomic E-state index is 6.66. The summed E-state index contributed by atoms with van der Waals surface area (Å²) in [5.41, 5.74) is 3.06. The van der Waals surface area contributed by atoms with Crippen molar-refractivity contribution in [2.24, 2.45) is 11.0 Å². The number of hydrazone groups is 1. The molecular weight excluding hydrogens is 364 g/mol. The number of ether oxygens (including phenoxy) is 3. The van der Waals surface area contributed by atoms with Crippen molar-refractivity contribution in [2.45, 2.75) is 50.8 Å². The molecule has 1 saturated carbocycles. The predicted octanol–water partition coefficient (Wildman–Crippen LogP) is 5.15. The van der Waals surface area contributed by atoms with Gasteiger partial charge in [-0.3, -0.25) is 0 Å². The molecule has 5 rings (SSSR count). The fourth-order valence-corrected chi connectivity index (χ4v) is 4.96. The molecule has 2 aromatic rings. The summed E-state index contributed by atoms with van der Waals surface area (Å²) >= 11 is 0. The first-order chi connectivity index (χ1) is 14.1. The summed E-state index contributed by atoms with van der Waals surface area (Å²) in [7, 11) is 3.33. The molecule has 1 spiro atoms. The molecule has 1 aliphatic carbocycles. The smallest absolute Gasteiger partial charge is 0.198 e. The monoisotopic (exact) mass is 392 g/mol. The van der Waals surface area contributed by atoms with Crippen molar-refractivity contribution < 1.29 is 14.2 Å². The van der Waals surface area contributed by atoms with Crippen molar-refractivity contribution in [3.63, 3.8) is 0 Å². The molecule has 152 valence electrons. The number of nitrogens with zero attached hydrogens (tertiary/aromatic N) is 2. The van der Waals surface area contributed by atoms with Crippen LogP contribution in [0.2, 0.25) is 0 Å². The summed E-state index contributed by atoms with van der Waals surface area (Å²) in [6.07, 6.45) is 5.25. The Morgan fingerprint density at radius 2 is 1.79 bits per heavy atom. The molecule has 0 saturated heterocycles. The lowest BCUT2D eigenvalue weighted by atomic mass is 9.82. The summed E-state index contributed by atoms with van der Waals surface area (Å²) in [5.74, 6) is 3.23. The standard InChI is InChI=1S/C24H28N2O3/c1-16-10-12-24(13-11-16)26-20(18-6-4-5-7-21(18)29-24)15-19(25-26)17-8-9-22(27-2)23(14-17)28-3/h4-9,14,16,20H,10-13,15H2,1-3H3/t16?,20-,24?/m0/s1. The second kappa shape index (κ2) is 6.97. The van der Waals surface area contributed by atoms with E-state index < -0.39 is 0 Å². The van der Waals surface area contributed by atoms with E-state index in [2.05, 4.69) is 42.3 Å². The van der Waals surface area contributed by atoms with Crippen molar-refractivity contribution >= 4 is 5.71 Å². The van der Waals surface area contributed by atoms with E-state index in [0.29, 0.717) is 0 Å². The fourth-order valence-electron chi connectivity index (χ4n) is 4.96. The Bertz CT molecular complexity index is 947. The van der Waals surface area contributed by atoms with Crippen LogP contribution in [0, 0.1) is 5.92 Å². The van der Waals surface area contributed by atoms with E-state index in [1.54, 1.807) is 14.2 Å². The van der Waals surface area contributed by atoms with Gasteiger partial charge >= 0.3 is 0 Å². The summed E-state index contributed by atoms with van der Waals surface area (Å²) in [5, 5.41) is 7.41. The molecule has 1 atom stereocenters. The summed E-state index contributed by atoms with van der Waals surface area (Å²) < 4.78 is 17.6. The fraction of sp³-hybridized carbons (Fsp3) is 0.458. The van der Waals surface area contributed by atoms with Gasteiger partial charge in [-0.1, -0.05) is 25.1 Å². The Kier molecular flexibility index (Phi) is 4.41. The van der Waals surface area contributed by atoms with Gasteiger partial charge in [-0.2, -0.15) is 5.10 Å². The molecule has 2 aromatic carbocycles. The third kappa shape index (κ3) is 2.95. The van der Waals surface area contributed by atoms with Crippen molar-refractivity contribution in [3.8, 4) is 17.2 Å². The first-order valence-corrected chi connectivity index (χ1v) is 10.5. The van der Waals surface area contributed by atoms with Gasteiger partial charge in [0.2, 0.25) is 0 Å². The molecule has 2 aliphatic heterocycles. The first kappa shape index (κ1) is 18.3. The van der Waals surface area contributed by atoms with Crippen LogP contribution in [0.4, 0.5) is 0 Å². The molecule has 3 aliphatic rings. The number of rotatable bonds is 3. The zero-order valence-corrected chi connectivity index (χ0v) is 17.4. The number of hydrogen-bond acceptors (Lipinski definition) is 5. The van der Waals surface area contributed by atoms with Gasteiger partial charge in [0.05, 0.1) is 26.0 Å². The lowest BCUT2D eigenvalue weighted by Crippen LogP contribution is -2.55. The zero-order chi connectivity index (χ0) is 20.0. The third-order valence-electron chi connectivity index (χ3n) is 6.68. The van der Waals surface area contributed by atoms with Crippen LogP contribution in [0.1, 0.15) is 56.2 Å². The Morgan fingerprint density at radius 1 is 1.03 bits per heavy atom. The largest absolute Gasteiger partial charge is 0.493 e. The minimum atomic E-state index is -0.330. The quantitative estimate of drug-likeness (QED) is 0.724. The lowest BCUT2D eigenvalue weighted by molar-refractivity contribution is -0.145. The van der Waals surface area contributed by atoms with E-state index in [-0.39, 0.29) is 11.8 Å². The molecule has 5 heteroatoms. The van der Waals surface area contributed by atoms with Crippen LogP contribution in [0.25, 0.3) is 0 Å². The summed E-state index contributed by atoms with van der Waals surface area (Å²) in [4.78, 5) is 0. The molecule has 0 amide bonds. The highest BCUT2D eigenvalue weighted by Gasteiger charge is 2.51. The van der Waals surface area contributed by atoms with Gasteiger partial charge in [-0.25, -0.2) is 5.01 Å². The van der Waals surface area contributed by atoms with Gasteiger partial charge in [0.25, 0.3) is 0 Å². The average Bonchev–Trinajstić information content (AvgIpc) is 3.22. The van der Waals surface area contributed by atoms with Crippen molar-refractivity contribution in [3.05, 3.63) is 53.6 Å². The zero-order valence-electron chi connectivity index (χ0n) is 17.4. The molecular formula is C24H28N2O3. The average molecular weight is 392 g/mol. The van der Waals surface area contributed by atoms with Crippen LogP contribution < -0.4 is 14.2 Å². The van der Waals surface area contributed by atoms with E-state index in [1.165, 1.54) is 18.4 Å². The molecule has 0 unspecified atom stereocenters. The highest BCUT2D eigenvalue weighted by atomic mass is 16.5. The van der Waals surface area contributed by atoms with Crippen LogP contribution in [0.5, 0.6) is 17.2 Å². The molecule has 29 heavy (non-hydrogen) atoms. The van der Waals surface area contributed by atoms with Crippen molar-refractivity contribution in [2.75, 3.05) is 14.2 Å². The van der Waals surface area contributed by atoms with Gasteiger partial charge in [0.15, 0.2) is 17.2 Å². The number of hydrogen-bond donors (Lipinski definition) is 0. The molecule has 5 nitrogen and oxygen atoms in total. The summed E-state index contributed by atoms with van der Waals surface area (Å²) in [6, 6.07) is 14.7. The predicted molar refractivity (Wildman–Crippen MR) is 113 cm³/mol. The van der Waals surface area contributed by atoms with Crippen LogP contribution in [-0.2, 0) is 0 Å². The Balaban J connectivity index is 1.56. The number of benzene rings is 2. The maximum Gasteiger partial charge on any atom is 0.198 e. The maximum absolute atomic E-state index is 6.66. The highest BCUT2D eigenvalue weighted by molar-refractivity contribution is 6.02. The van der Waals surface area contributed by atoms with E-state index in [9.17, 15) is 0 Å². The molecule has 0 aromatic heterocycles. The normalized spacial score (nSPS) is 27.7. The SMILES string of the molecule is COc1ccc(C2=NN3[C@@H](C2)c2ccccc2OC32CCC(C)CC2)cc1OC. The topological polar surface area (TPSA) is 43.3 Å². The number of methoxy groups -OCH3 is 2. The Labute approximate surface area is 172 Å². The van der Waals surface area contributed by atoms with Gasteiger partial charge in [-0.15, -0.1) is 0 Å². The molecule has 2 heterocycles. The third-order valence-corrected chi connectivity index (χ3v) is 6.68. The minimum absolute atomic E-state index is 0.219.